The zero-order valence-corrected chi connectivity index (χ0v) is 17.4. The summed E-state index contributed by atoms with van der Waals surface area (Å²) in [7, 11) is 0. The smallest absolute Gasteiger partial charge is 0.175 e. The summed E-state index contributed by atoms with van der Waals surface area (Å²) in [5.74, 6) is 1.47. The topological polar surface area (TPSA) is 50.7 Å². The number of aliphatic hydroxyl groups excluding tert-OH is 1. The molecule has 0 saturated carbocycles. The van der Waals surface area contributed by atoms with E-state index in [1.54, 1.807) is 0 Å². The number of rotatable bonds is 7. The van der Waals surface area contributed by atoms with Crippen LogP contribution < -0.4 is 14.8 Å². The molecule has 0 amide bonds. The van der Waals surface area contributed by atoms with E-state index in [2.05, 4.69) is 33.4 Å². The van der Waals surface area contributed by atoms with Crippen molar-refractivity contribution in [2.45, 2.75) is 39.0 Å². The number of aliphatic hydroxyl groups is 1. The van der Waals surface area contributed by atoms with Gasteiger partial charge in [-0.1, -0.05) is 24.3 Å². The predicted octanol–water partition coefficient (Wildman–Crippen LogP) is 4.42. The van der Waals surface area contributed by atoms with Gasteiger partial charge in [0, 0.05) is 13.0 Å². The highest BCUT2D eigenvalue weighted by molar-refractivity contribution is 9.10. The molecule has 2 aromatic carbocycles. The Bertz CT molecular complexity index is 741. The molecule has 0 heterocycles. The van der Waals surface area contributed by atoms with Crippen LogP contribution in [0.3, 0.4) is 0 Å². The number of nitrogens with one attached hydrogen (secondary N) is 1. The third-order valence-electron chi connectivity index (χ3n) is 4.39. The highest BCUT2D eigenvalue weighted by Gasteiger charge is 2.30. The van der Waals surface area contributed by atoms with E-state index in [-0.39, 0.29) is 18.4 Å². The molecule has 0 spiro atoms. The van der Waals surface area contributed by atoms with Crippen LogP contribution in [0.15, 0.2) is 40.9 Å². The third-order valence-corrected chi connectivity index (χ3v) is 4.98. The molecule has 0 saturated heterocycles. The van der Waals surface area contributed by atoms with Crippen LogP contribution in [0.25, 0.3) is 0 Å². The van der Waals surface area contributed by atoms with Crippen molar-refractivity contribution in [2.24, 2.45) is 0 Å². The van der Waals surface area contributed by atoms with Gasteiger partial charge in [-0.15, -0.1) is 12.4 Å². The van der Waals surface area contributed by atoms with Crippen molar-refractivity contribution < 1.29 is 14.6 Å². The van der Waals surface area contributed by atoms with Crippen LogP contribution >= 0.6 is 28.3 Å². The summed E-state index contributed by atoms with van der Waals surface area (Å²) in [6.07, 6.45) is 0.306. The van der Waals surface area contributed by atoms with Crippen LogP contribution in [0.2, 0.25) is 0 Å². The first kappa shape index (κ1) is 21.0. The van der Waals surface area contributed by atoms with Crippen molar-refractivity contribution >= 4 is 28.3 Å². The van der Waals surface area contributed by atoms with Crippen LogP contribution in [0.1, 0.15) is 36.6 Å². The van der Waals surface area contributed by atoms with Gasteiger partial charge in [-0.3, -0.25) is 0 Å². The average Bonchev–Trinajstić information content (AvgIpc) is 2.91. The summed E-state index contributed by atoms with van der Waals surface area (Å²) in [5.41, 5.74) is 3.48. The van der Waals surface area contributed by atoms with Crippen molar-refractivity contribution in [2.75, 3.05) is 13.2 Å². The first-order valence-corrected chi connectivity index (χ1v) is 9.50. The molecule has 2 atom stereocenters. The Hall–Kier alpha value is -1.27. The highest BCUT2D eigenvalue weighted by Crippen LogP contribution is 2.37. The maximum absolute atomic E-state index is 10.4. The summed E-state index contributed by atoms with van der Waals surface area (Å²) in [6.45, 7) is 5.72. The van der Waals surface area contributed by atoms with Gasteiger partial charge in [0.15, 0.2) is 11.5 Å². The normalized spacial score (nSPS) is 18.2. The second kappa shape index (κ2) is 9.60. The minimum absolute atomic E-state index is 0. The molecule has 2 aromatic rings. The largest absolute Gasteiger partial charge is 0.490 e. The molecule has 142 valence electrons. The van der Waals surface area contributed by atoms with Crippen LogP contribution in [0.5, 0.6) is 11.5 Å². The standard InChI is InChI=1S/C20H24BrNO3.ClH/c1-3-24-18-10-13(9-16(21)20(18)25-4-2)12-22-19-15-8-6-5-7-14(15)11-17(19)23;/h5-10,17,19,22-23H,3-4,11-12H2,1-2H3;1H/t17-,19+;/m0./s1. The van der Waals surface area contributed by atoms with Crippen LogP contribution in [-0.2, 0) is 13.0 Å². The fourth-order valence-corrected chi connectivity index (χ4v) is 3.92. The van der Waals surface area contributed by atoms with E-state index in [0.29, 0.717) is 26.2 Å². The molecule has 1 aliphatic carbocycles. The van der Waals surface area contributed by atoms with Crippen molar-refractivity contribution in [1.29, 1.82) is 0 Å². The minimum atomic E-state index is -0.394. The third kappa shape index (κ3) is 4.52. The zero-order valence-electron chi connectivity index (χ0n) is 15.0. The molecule has 26 heavy (non-hydrogen) atoms. The van der Waals surface area contributed by atoms with E-state index in [9.17, 15) is 5.11 Å². The molecule has 0 aliphatic heterocycles. The van der Waals surface area contributed by atoms with E-state index < -0.39 is 6.10 Å². The molecule has 6 heteroatoms. The number of halogens is 2. The van der Waals surface area contributed by atoms with E-state index in [4.69, 9.17) is 9.47 Å². The molecule has 0 aromatic heterocycles. The summed E-state index contributed by atoms with van der Waals surface area (Å²) in [5, 5.41) is 13.9. The van der Waals surface area contributed by atoms with Crippen LogP contribution in [0.4, 0.5) is 0 Å². The maximum Gasteiger partial charge on any atom is 0.175 e. The first-order valence-electron chi connectivity index (χ1n) is 8.71. The van der Waals surface area contributed by atoms with Gasteiger partial charge in [0.25, 0.3) is 0 Å². The first-order chi connectivity index (χ1) is 12.1. The van der Waals surface area contributed by atoms with E-state index in [0.717, 1.165) is 21.5 Å². The summed E-state index contributed by atoms with van der Waals surface area (Å²) in [6, 6.07) is 12.2. The lowest BCUT2D eigenvalue weighted by atomic mass is 10.1. The molecule has 2 N–H and O–H groups in total. The average molecular weight is 443 g/mol. The molecule has 3 rings (SSSR count). The number of ether oxygens (including phenoxy) is 2. The number of hydrogen-bond donors (Lipinski definition) is 2. The lowest BCUT2D eigenvalue weighted by molar-refractivity contribution is 0.140. The van der Waals surface area contributed by atoms with Crippen LogP contribution in [-0.4, -0.2) is 24.4 Å². The van der Waals surface area contributed by atoms with Gasteiger partial charge < -0.3 is 19.9 Å². The Morgan fingerprint density at radius 2 is 1.88 bits per heavy atom. The van der Waals surface area contributed by atoms with Crippen molar-refractivity contribution in [1.82, 2.24) is 5.32 Å². The van der Waals surface area contributed by atoms with E-state index >= 15 is 0 Å². The number of benzene rings is 2. The Balaban J connectivity index is 0.00000243. The summed E-state index contributed by atoms with van der Waals surface area (Å²) in [4.78, 5) is 0. The monoisotopic (exact) mass is 441 g/mol. The van der Waals surface area contributed by atoms with Gasteiger partial charge in [-0.25, -0.2) is 0 Å². The second-order valence-corrected chi connectivity index (χ2v) is 6.95. The molecule has 0 bridgehead atoms. The van der Waals surface area contributed by atoms with E-state index in [1.807, 2.05) is 38.1 Å². The quantitative estimate of drug-likeness (QED) is 0.666. The highest BCUT2D eigenvalue weighted by atomic mass is 79.9. The van der Waals surface area contributed by atoms with Crippen LogP contribution in [0, 0.1) is 0 Å². The molecule has 0 radical (unpaired) electrons. The fourth-order valence-electron chi connectivity index (χ4n) is 3.32. The number of fused-ring (bicyclic) bond motifs is 1. The van der Waals surface area contributed by atoms with Gasteiger partial charge in [-0.05, 0) is 58.6 Å². The lowest BCUT2D eigenvalue weighted by Crippen LogP contribution is -2.28. The van der Waals surface area contributed by atoms with Crippen molar-refractivity contribution in [3.8, 4) is 11.5 Å². The Morgan fingerprint density at radius 3 is 2.62 bits per heavy atom. The van der Waals surface area contributed by atoms with Gasteiger partial charge in [0.05, 0.1) is 29.8 Å². The van der Waals surface area contributed by atoms with E-state index in [1.165, 1.54) is 11.1 Å². The molecule has 4 nitrogen and oxygen atoms in total. The Morgan fingerprint density at radius 1 is 1.15 bits per heavy atom. The van der Waals surface area contributed by atoms with Gasteiger partial charge in [-0.2, -0.15) is 0 Å². The van der Waals surface area contributed by atoms with Crippen molar-refractivity contribution in [3.05, 3.63) is 57.6 Å². The molecular formula is C20H25BrClNO3. The maximum atomic E-state index is 10.4. The molecule has 0 unspecified atom stereocenters. The second-order valence-electron chi connectivity index (χ2n) is 6.10. The molecular weight excluding hydrogens is 418 g/mol. The Labute approximate surface area is 169 Å². The lowest BCUT2D eigenvalue weighted by Gasteiger charge is -2.19. The summed E-state index contributed by atoms with van der Waals surface area (Å²) < 4.78 is 12.3. The molecule has 1 aliphatic rings. The zero-order chi connectivity index (χ0) is 17.8. The van der Waals surface area contributed by atoms with Gasteiger partial charge in [0.2, 0.25) is 0 Å². The predicted molar refractivity (Wildman–Crippen MR) is 109 cm³/mol. The summed E-state index contributed by atoms with van der Waals surface area (Å²) >= 11 is 3.58. The molecule has 0 fully saturated rings. The van der Waals surface area contributed by atoms with Gasteiger partial charge >= 0.3 is 0 Å². The van der Waals surface area contributed by atoms with Gasteiger partial charge in [0.1, 0.15) is 0 Å². The fraction of sp³-hybridized carbons (Fsp3) is 0.400. The SMILES string of the molecule is CCOc1cc(CN[C@@H]2c3ccccc3C[C@@H]2O)cc(Br)c1OCC.Cl. The minimum Gasteiger partial charge on any atom is -0.490 e. The van der Waals surface area contributed by atoms with Crippen molar-refractivity contribution in [3.63, 3.8) is 0 Å². The Kier molecular flexibility index (Phi) is 7.77. The number of hydrogen-bond acceptors (Lipinski definition) is 4.